The molecule has 2 unspecified atom stereocenters. The molecule has 1 aliphatic heterocycles. The minimum absolute atomic E-state index is 0.0243. The predicted octanol–water partition coefficient (Wildman–Crippen LogP) is 9.34. The fraction of sp³-hybridized carbons (Fsp3) is 0.263. The van der Waals surface area contributed by atoms with E-state index >= 15 is 0 Å². The molecule has 42 heavy (non-hydrogen) atoms. The van der Waals surface area contributed by atoms with Crippen LogP contribution in [-0.2, 0) is 33.8 Å². The molecule has 0 spiro atoms. The molecule has 0 amide bonds. The van der Waals surface area contributed by atoms with Gasteiger partial charge in [-0.05, 0) is 52.4 Å². The Labute approximate surface area is 253 Å². The summed E-state index contributed by atoms with van der Waals surface area (Å²) in [6.45, 7) is 3.95. The number of rotatable bonds is 11. The lowest BCUT2D eigenvalue weighted by Crippen LogP contribution is -2.35. The van der Waals surface area contributed by atoms with Gasteiger partial charge in [-0.1, -0.05) is 109 Å². The smallest absolute Gasteiger partial charge is 0.0854 e. The van der Waals surface area contributed by atoms with Crippen molar-refractivity contribution >= 4 is 11.3 Å². The number of thiophene rings is 1. The molecule has 1 aromatic heterocycles. The zero-order chi connectivity index (χ0) is 28.6. The van der Waals surface area contributed by atoms with Crippen LogP contribution in [0.3, 0.4) is 0 Å². The van der Waals surface area contributed by atoms with Crippen molar-refractivity contribution in [2.75, 3.05) is 6.61 Å². The highest BCUT2D eigenvalue weighted by atomic mass is 32.1. The van der Waals surface area contributed by atoms with E-state index < -0.39 is 0 Å². The van der Waals surface area contributed by atoms with E-state index in [0.29, 0.717) is 19.8 Å². The summed E-state index contributed by atoms with van der Waals surface area (Å²) in [5.74, 6) is 0. The van der Waals surface area contributed by atoms with E-state index in [4.69, 9.17) is 14.2 Å². The molecule has 6 rings (SSSR count). The first-order valence-corrected chi connectivity index (χ1v) is 15.7. The van der Waals surface area contributed by atoms with Crippen LogP contribution >= 0.6 is 11.3 Å². The van der Waals surface area contributed by atoms with Gasteiger partial charge in [-0.15, -0.1) is 11.3 Å². The average Bonchev–Trinajstić information content (AvgIpc) is 3.51. The van der Waals surface area contributed by atoms with Crippen LogP contribution in [0.15, 0.2) is 121 Å². The van der Waals surface area contributed by atoms with Gasteiger partial charge in [-0.3, -0.25) is 0 Å². The van der Waals surface area contributed by atoms with E-state index in [1.807, 2.05) is 35.6 Å². The monoisotopic (exact) mass is 574 g/mol. The maximum Gasteiger partial charge on any atom is 0.0854 e. The quantitative estimate of drug-likeness (QED) is 0.157. The molecule has 0 aliphatic carbocycles. The Morgan fingerprint density at radius 2 is 1.43 bits per heavy atom. The van der Waals surface area contributed by atoms with Crippen molar-refractivity contribution < 1.29 is 14.2 Å². The topological polar surface area (TPSA) is 27.7 Å². The third-order valence-electron chi connectivity index (χ3n) is 7.93. The number of ether oxygens (including phenoxy) is 3. The maximum atomic E-state index is 6.70. The lowest BCUT2D eigenvalue weighted by molar-refractivity contribution is -0.142. The average molecular weight is 575 g/mol. The van der Waals surface area contributed by atoms with Crippen molar-refractivity contribution in [2.45, 2.75) is 57.7 Å². The van der Waals surface area contributed by atoms with Crippen LogP contribution in [0.2, 0.25) is 0 Å². The third-order valence-corrected chi connectivity index (χ3v) is 9.07. The van der Waals surface area contributed by atoms with Crippen molar-refractivity contribution in [3.05, 3.63) is 154 Å². The first kappa shape index (κ1) is 28.6. The Morgan fingerprint density at radius 3 is 2.17 bits per heavy atom. The SMILES string of the molecule is Cc1ccc(C2CC(OCc3ccccc3)C[C@@H](COCc3ccccc3)O2)cc1Cc1ccc(-c2ccccc2)s1. The van der Waals surface area contributed by atoms with Gasteiger partial charge in [0.05, 0.1) is 38.1 Å². The summed E-state index contributed by atoms with van der Waals surface area (Å²) in [7, 11) is 0. The van der Waals surface area contributed by atoms with Crippen LogP contribution in [0.25, 0.3) is 10.4 Å². The van der Waals surface area contributed by atoms with Gasteiger partial charge in [0.25, 0.3) is 0 Å². The molecule has 3 atom stereocenters. The molecular formula is C38H38O3S. The van der Waals surface area contributed by atoms with Gasteiger partial charge in [0.2, 0.25) is 0 Å². The Bertz CT molecular complexity index is 1530. The number of hydrogen-bond donors (Lipinski definition) is 0. The zero-order valence-electron chi connectivity index (χ0n) is 24.2. The van der Waals surface area contributed by atoms with Crippen molar-refractivity contribution in [1.82, 2.24) is 0 Å². The van der Waals surface area contributed by atoms with E-state index in [2.05, 4.69) is 104 Å². The van der Waals surface area contributed by atoms with Crippen LogP contribution in [0, 0.1) is 6.92 Å². The Kier molecular flexibility index (Phi) is 9.58. The zero-order valence-corrected chi connectivity index (χ0v) is 25.0. The van der Waals surface area contributed by atoms with Crippen LogP contribution in [0.5, 0.6) is 0 Å². The van der Waals surface area contributed by atoms with Gasteiger partial charge in [0, 0.05) is 29.0 Å². The highest BCUT2D eigenvalue weighted by molar-refractivity contribution is 7.15. The second-order valence-corrected chi connectivity index (χ2v) is 12.3. The van der Waals surface area contributed by atoms with Gasteiger partial charge < -0.3 is 14.2 Å². The second-order valence-electron chi connectivity index (χ2n) is 11.1. The molecule has 0 saturated carbocycles. The van der Waals surface area contributed by atoms with Gasteiger partial charge >= 0.3 is 0 Å². The number of benzene rings is 4. The Balaban J connectivity index is 1.16. The molecule has 1 fully saturated rings. The minimum Gasteiger partial charge on any atom is -0.374 e. The molecule has 1 saturated heterocycles. The summed E-state index contributed by atoms with van der Waals surface area (Å²) < 4.78 is 19.3. The van der Waals surface area contributed by atoms with Gasteiger partial charge in [0.1, 0.15) is 0 Å². The molecule has 0 radical (unpaired) electrons. The molecule has 4 aromatic carbocycles. The van der Waals surface area contributed by atoms with Crippen LogP contribution < -0.4 is 0 Å². The fourth-order valence-corrected chi connectivity index (χ4v) is 6.64. The summed E-state index contributed by atoms with van der Waals surface area (Å²) in [5, 5.41) is 0. The fourth-order valence-electron chi connectivity index (χ4n) is 5.60. The highest BCUT2D eigenvalue weighted by Crippen LogP contribution is 2.36. The maximum absolute atomic E-state index is 6.70. The van der Waals surface area contributed by atoms with E-state index in [9.17, 15) is 0 Å². The molecule has 2 heterocycles. The van der Waals surface area contributed by atoms with Crippen molar-refractivity contribution in [2.24, 2.45) is 0 Å². The van der Waals surface area contributed by atoms with E-state index in [1.54, 1.807) is 0 Å². The second kappa shape index (κ2) is 14.1. The van der Waals surface area contributed by atoms with Crippen molar-refractivity contribution in [3.63, 3.8) is 0 Å². The largest absolute Gasteiger partial charge is 0.374 e. The third kappa shape index (κ3) is 7.64. The summed E-state index contributed by atoms with van der Waals surface area (Å²) in [4.78, 5) is 2.68. The summed E-state index contributed by atoms with van der Waals surface area (Å²) in [6.07, 6.45) is 2.62. The molecule has 1 aliphatic rings. The summed E-state index contributed by atoms with van der Waals surface area (Å²) >= 11 is 1.88. The van der Waals surface area contributed by atoms with E-state index in [-0.39, 0.29) is 18.3 Å². The van der Waals surface area contributed by atoms with Crippen LogP contribution in [0.4, 0.5) is 0 Å². The lowest BCUT2D eigenvalue weighted by Gasteiger charge is -2.36. The first-order chi connectivity index (χ1) is 20.7. The normalized spacial score (nSPS) is 18.6. The molecule has 3 nitrogen and oxygen atoms in total. The summed E-state index contributed by atoms with van der Waals surface area (Å²) in [5.41, 5.74) is 7.52. The molecule has 214 valence electrons. The van der Waals surface area contributed by atoms with E-state index in [1.165, 1.54) is 43.1 Å². The van der Waals surface area contributed by atoms with Crippen molar-refractivity contribution in [1.29, 1.82) is 0 Å². The highest BCUT2D eigenvalue weighted by Gasteiger charge is 2.31. The number of hydrogen-bond acceptors (Lipinski definition) is 4. The standard InChI is InChI=1S/C38H38O3S/c1-28-17-18-32(21-33(28)22-36-19-20-38(42-36)31-15-9-4-10-16-31)37-24-34(40-26-30-13-7-3-8-14-30)23-35(41-37)27-39-25-29-11-5-2-6-12-29/h2-21,34-35,37H,22-27H2,1H3/t34?,35-,37?/m0/s1. The minimum atomic E-state index is -0.0348. The number of aryl methyl sites for hydroxylation is 1. The molecular weight excluding hydrogens is 536 g/mol. The summed E-state index contributed by atoms with van der Waals surface area (Å²) in [6, 6.07) is 42.7. The first-order valence-electron chi connectivity index (χ1n) is 14.9. The molecule has 0 N–H and O–H groups in total. The van der Waals surface area contributed by atoms with E-state index in [0.717, 1.165) is 19.3 Å². The van der Waals surface area contributed by atoms with Gasteiger partial charge in [-0.25, -0.2) is 0 Å². The molecule has 4 heteroatoms. The van der Waals surface area contributed by atoms with Gasteiger partial charge in [-0.2, -0.15) is 0 Å². The van der Waals surface area contributed by atoms with Crippen LogP contribution in [0.1, 0.15) is 51.6 Å². The molecule has 5 aromatic rings. The Morgan fingerprint density at radius 1 is 0.738 bits per heavy atom. The molecule has 0 bridgehead atoms. The Hall–Kier alpha value is -3.54. The van der Waals surface area contributed by atoms with Crippen LogP contribution in [-0.4, -0.2) is 18.8 Å². The van der Waals surface area contributed by atoms with Crippen molar-refractivity contribution in [3.8, 4) is 10.4 Å². The van der Waals surface area contributed by atoms with Gasteiger partial charge in [0.15, 0.2) is 0 Å². The lowest BCUT2D eigenvalue weighted by atomic mass is 9.93. The predicted molar refractivity (Wildman–Crippen MR) is 172 cm³/mol.